The van der Waals surface area contributed by atoms with Gasteiger partial charge >= 0.3 is 6.09 Å². The number of ether oxygens (including phenoxy) is 1. The van der Waals surface area contributed by atoms with Crippen LogP contribution in [0.3, 0.4) is 0 Å². The number of carbonyl (C=O) groups excluding carboxylic acids is 1. The van der Waals surface area contributed by atoms with Gasteiger partial charge in [-0.1, -0.05) is 11.6 Å². The van der Waals surface area contributed by atoms with Gasteiger partial charge in [-0.15, -0.1) is 0 Å². The van der Waals surface area contributed by atoms with Gasteiger partial charge in [0.1, 0.15) is 0 Å². The van der Waals surface area contributed by atoms with Gasteiger partial charge in [-0.25, -0.2) is 4.79 Å². The Morgan fingerprint density at radius 3 is 2.67 bits per heavy atom. The molecular weight excluding hydrogens is 142 g/mol. The number of carbonyl (C=O) groups is 1. The molecule has 0 spiro atoms. The van der Waals surface area contributed by atoms with Crippen molar-refractivity contribution in [2.75, 3.05) is 19.7 Å². The average molecular weight is 152 g/mol. The Morgan fingerprint density at radius 2 is 2.33 bits per heavy atom. The van der Waals surface area contributed by atoms with E-state index in [9.17, 15) is 4.79 Å². The van der Waals surface area contributed by atoms with Crippen molar-refractivity contribution in [3.8, 4) is 0 Å². The summed E-state index contributed by atoms with van der Waals surface area (Å²) >= 11 is 5.13. The van der Waals surface area contributed by atoms with Gasteiger partial charge in [-0.3, -0.25) is 0 Å². The fourth-order valence-electron chi connectivity index (χ4n) is 0.286. The monoisotopic (exact) mass is 151 g/mol. The van der Waals surface area contributed by atoms with Crippen LogP contribution >= 0.6 is 11.6 Å². The molecule has 0 unspecified atom stereocenters. The first-order chi connectivity index (χ1) is 4.22. The number of amides is 1. The van der Waals surface area contributed by atoms with E-state index >= 15 is 0 Å². The zero-order valence-electron chi connectivity index (χ0n) is 5.56. The number of halogens is 1. The Labute approximate surface area is 59.5 Å². The van der Waals surface area contributed by atoms with Crippen LogP contribution in [0, 0.1) is 0 Å². The van der Waals surface area contributed by atoms with E-state index < -0.39 is 0 Å². The molecule has 0 fully saturated rings. The Bertz CT molecular complexity index is 97.0. The third kappa shape index (κ3) is 3.19. The molecule has 0 heterocycles. The molecule has 0 aliphatic carbocycles. The zero-order valence-corrected chi connectivity index (χ0v) is 6.31. The lowest BCUT2D eigenvalue weighted by Gasteiger charge is -2.11. The summed E-state index contributed by atoms with van der Waals surface area (Å²) in [6.45, 7) is 2.49. The minimum absolute atomic E-state index is 0.0802. The van der Waals surface area contributed by atoms with Gasteiger partial charge in [0.05, 0.1) is 0 Å². The molecule has 0 atom stereocenters. The highest BCUT2D eigenvalue weighted by Gasteiger charge is 2.04. The van der Waals surface area contributed by atoms with Gasteiger partial charge in [-0.2, -0.15) is 0 Å². The maximum atomic E-state index is 10.6. The summed E-state index contributed by atoms with van der Waals surface area (Å²) in [7, 11) is 1.65. The molecule has 0 aromatic rings. The molecule has 3 nitrogen and oxygen atoms in total. The predicted octanol–water partition coefficient (Wildman–Crippen LogP) is 1.27. The molecule has 0 aliphatic rings. The van der Waals surface area contributed by atoms with Gasteiger partial charge in [0.2, 0.25) is 0 Å². The van der Waals surface area contributed by atoms with Crippen LogP contribution in [0.4, 0.5) is 4.79 Å². The first-order valence-corrected chi connectivity index (χ1v) is 3.19. The quantitative estimate of drug-likeness (QED) is 0.557. The van der Waals surface area contributed by atoms with Crippen LogP contribution in [0.1, 0.15) is 6.92 Å². The molecule has 0 aliphatic heterocycles. The van der Waals surface area contributed by atoms with Crippen LogP contribution < -0.4 is 0 Å². The zero-order chi connectivity index (χ0) is 7.28. The summed E-state index contributed by atoms with van der Waals surface area (Å²) in [5.74, 6) is 0. The lowest BCUT2D eigenvalue weighted by atomic mass is 10.7. The molecule has 4 heteroatoms. The van der Waals surface area contributed by atoms with Crippen LogP contribution in [0.5, 0.6) is 0 Å². The molecule has 0 aromatic heterocycles. The van der Waals surface area contributed by atoms with Crippen molar-refractivity contribution in [2.45, 2.75) is 6.92 Å². The Hall–Kier alpha value is -0.440. The molecule has 54 valence electrons. The van der Waals surface area contributed by atoms with Crippen molar-refractivity contribution in [2.24, 2.45) is 0 Å². The van der Waals surface area contributed by atoms with Crippen LogP contribution in [0.2, 0.25) is 0 Å². The second-order valence-electron chi connectivity index (χ2n) is 1.53. The maximum Gasteiger partial charge on any atom is 0.410 e. The van der Waals surface area contributed by atoms with Crippen LogP contribution in [0.15, 0.2) is 0 Å². The molecule has 9 heavy (non-hydrogen) atoms. The SMILES string of the molecule is CCN(C)C(=O)OCCl. The first kappa shape index (κ1) is 8.56. The van der Waals surface area contributed by atoms with Gasteiger partial charge in [-0.05, 0) is 6.92 Å². The highest BCUT2D eigenvalue weighted by atomic mass is 35.5. The van der Waals surface area contributed by atoms with Crippen molar-refractivity contribution in [3.05, 3.63) is 0 Å². The van der Waals surface area contributed by atoms with Crippen molar-refractivity contribution in [1.82, 2.24) is 4.90 Å². The van der Waals surface area contributed by atoms with Crippen molar-refractivity contribution >= 4 is 17.7 Å². The molecule has 1 amide bonds. The standard InChI is InChI=1S/C5H10ClNO2/c1-3-7(2)5(8)9-4-6/h3-4H2,1-2H3. The molecule has 0 bridgehead atoms. The number of rotatable bonds is 2. The van der Waals surface area contributed by atoms with Crippen LogP contribution in [0.25, 0.3) is 0 Å². The van der Waals surface area contributed by atoms with E-state index in [0.717, 1.165) is 0 Å². The summed E-state index contributed by atoms with van der Waals surface area (Å²) in [5, 5.41) is 0. The summed E-state index contributed by atoms with van der Waals surface area (Å²) in [6.07, 6.45) is -0.382. The minimum atomic E-state index is -0.382. The molecule has 0 rings (SSSR count). The van der Waals surface area contributed by atoms with E-state index in [1.54, 1.807) is 7.05 Å². The number of alkyl halides is 1. The molecular formula is C5H10ClNO2. The Kier molecular flexibility index (Phi) is 4.22. The van der Waals surface area contributed by atoms with Gasteiger partial charge in [0.15, 0.2) is 6.07 Å². The predicted molar refractivity (Wildman–Crippen MR) is 35.5 cm³/mol. The fraction of sp³-hybridized carbons (Fsp3) is 0.800. The Morgan fingerprint density at radius 1 is 1.78 bits per heavy atom. The lowest BCUT2D eigenvalue weighted by Crippen LogP contribution is -2.26. The molecule has 0 radical (unpaired) electrons. The normalized spacial score (nSPS) is 8.78. The largest absolute Gasteiger partial charge is 0.433 e. The van der Waals surface area contributed by atoms with Gasteiger partial charge in [0.25, 0.3) is 0 Å². The van der Waals surface area contributed by atoms with Crippen LogP contribution in [-0.4, -0.2) is 30.7 Å². The molecule has 0 aromatic carbocycles. The smallest absolute Gasteiger partial charge is 0.410 e. The number of hydrogen-bond acceptors (Lipinski definition) is 2. The molecule has 0 N–H and O–H groups in total. The first-order valence-electron chi connectivity index (χ1n) is 2.66. The number of hydrogen-bond donors (Lipinski definition) is 0. The summed E-state index contributed by atoms with van der Waals surface area (Å²) in [4.78, 5) is 12.0. The molecule has 0 saturated carbocycles. The van der Waals surface area contributed by atoms with E-state index in [1.807, 2.05) is 6.92 Å². The highest BCUT2D eigenvalue weighted by Crippen LogP contribution is 1.89. The average Bonchev–Trinajstić information content (AvgIpc) is 1.87. The highest BCUT2D eigenvalue weighted by molar-refractivity contribution is 6.17. The summed E-state index contributed by atoms with van der Waals surface area (Å²) in [5.41, 5.74) is 0. The Balaban J connectivity index is 3.46. The maximum absolute atomic E-state index is 10.6. The van der Waals surface area contributed by atoms with Crippen molar-refractivity contribution in [1.29, 1.82) is 0 Å². The van der Waals surface area contributed by atoms with E-state index in [2.05, 4.69) is 4.74 Å². The lowest BCUT2D eigenvalue weighted by molar-refractivity contribution is 0.129. The number of nitrogens with zero attached hydrogens (tertiary/aromatic N) is 1. The topological polar surface area (TPSA) is 29.5 Å². The third-order valence-corrected chi connectivity index (χ3v) is 1.07. The van der Waals surface area contributed by atoms with Crippen LogP contribution in [-0.2, 0) is 4.74 Å². The van der Waals surface area contributed by atoms with E-state index in [0.29, 0.717) is 6.54 Å². The van der Waals surface area contributed by atoms with Gasteiger partial charge in [0, 0.05) is 13.6 Å². The van der Waals surface area contributed by atoms with Crippen molar-refractivity contribution in [3.63, 3.8) is 0 Å². The third-order valence-electron chi connectivity index (χ3n) is 0.964. The minimum Gasteiger partial charge on any atom is -0.433 e. The fourth-order valence-corrected chi connectivity index (χ4v) is 0.379. The van der Waals surface area contributed by atoms with E-state index in [-0.39, 0.29) is 12.2 Å². The summed E-state index contributed by atoms with van der Waals surface area (Å²) in [6, 6.07) is -0.0802. The molecule has 0 saturated heterocycles. The second kappa shape index (κ2) is 4.44. The summed E-state index contributed by atoms with van der Waals surface area (Å²) < 4.78 is 4.45. The van der Waals surface area contributed by atoms with Crippen molar-refractivity contribution < 1.29 is 9.53 Å². The van der Waals surface area contributed by atoms with E-state index in [4.69, 9.17) is 11.6 Å². The van der Waals surface area contributed by atoms with E-state index in [1.165, 1.54) is 4.90 Å². The second-order valence-corrected chi connectivity index (χ2v) is 1.75. The van der Waals surface area contributed by atoms with Gasteiger partial charge < -0.3 is 9.64 Å².